The molecule has 1 unspecified atom stereocenters. The number of benzene rings is 1. The molecular formula is C26H29FN6O2S. The normalized spacial score (nSPS) is 17.8. The number of hydrogen-bond donors (Lipinski definition) is 1. The number of hydrogen-bond acceptors (Lipinski definition) is 7. The monoisotopic (exact) mass is 508 g/mol. The van der Waals surface area contributed by atoms with Crippen molar-refractivity contribution < 1.29 is 13.9 Å². The van der Waals surface area contributed by atoms with Crippen molar-refractivity contribution in [3.05, 3.63) is 58.2 Å². The van der Waals surface area contributed by atoms with E-state index in [1.54, 1.807) is 7.11 Å². The molecule has 8 nitrogen and oxygen atoms in total. The minimum absolute atomic E-state index is 0.284. The third-order valence-corrected chi connectivity index (χ3v) is 8.21. The Kier molecular flexibility index (Phi) is 8.10. The Morgan fingerprint density at radius 3 is 2.56 bits per heavy atom. The van der Waals surface area contributed by atoms with Crippen LogP contribution in [0.3, 0.4) is 0 Å². The van der Waals surface area contributed by atoms with Crippen LogP contribution in [0.25, 0.3) is 4.85 Å². The van der Waals surface area contributed by atoms with Gasteiger partial charge in [0.15, 0.2) is 0 Å². The molecule has 1 aromatic carbocycles. The number of anilines is 1. The van der Waals surface area contributed by atoms with Crippen LogP contribution in [0.4, 0.5) is 15.9 Å². The molecule has 2 aliphatic rings. The molecule has 0 spiro atoms. The summed E-state index contributed by atoms with van der Waals surface area (Å²) in [5.74, 6) is -0.488. The molecule has 2 saturated heterocycles. The molecule has 2 fully saturated rings. The van der Waals surface area contributed by atoms with Crippen LogP contribution < -0.4 is 10.6 Å². The van der Waals surface area contributed by atoms with E-state index in [1.807, 2.05) is 6.92 Å². The molecule has 0 aliphatic carbocycles. The Morgan fingerprint density at radius 1 is 1.36 bits per heavy atom. The van der Waals surface area contributed by atoms with E-state index < -0.39 is 17.0 Å². The van der Waals surface area contributed by atoms with Crippen molar-refractivity contribution in [2.24, 2.45) is 5.73 Å². The summed E-state index contributed by atoms with van der Waals surface area (Å²) in [6, 6.07) is 8.22. The van der Waals surface area contributed by atoms with Gasteiger partial charge in [-0.25, -0.2) is 14.2 Å². The molecule has 10 heteroatoms. The molecule has 2 N–H and O–H groups in total. The first-order valence-corrected chi connectivity index (χ1v) is 12.9. The van der Waals surface area contributed by atoms with E-state index in [2.05, 4.69) is 20.7 Å². The predicted molar refractivity (Wildman–Crippen MR) is 136 cm³/mol. The summed E-state index contributed by atoms with van der Waals surface area (Å²) in [7, 11) is 1.74. The minimum atomic E-state index is -0.854. The summed E-state index contributed by atoms with van der Waals surface area (Å²) >= 11 is 1.07. The van der Waals surface area contributed by atoms with Crippen LogP contribution in [0.15, 0.2) is 29.3 Å². The number of thioether (sulfide) groups is 1. The number of halogens is 1. The predicted octanol–water partition coefficient (Wildman–Crippen LogP) is 3.82. The average molecular weight is 509 g/mol. The minimum Gasteiger partial charge on any atom is -0.379 e. The Morgan fingerprint density at radius 2 is 2.03 bits per heavy atom. The topological polar surface area (TPSA) is 99.8 Å². The smallest absolute Gasteiger partial charge is 0.235 e. The maximum absolute atomic E-state index is 13.5. The zero-order valence-electron chi connectivity index (χ0n) is 20.4. The Hall–Kier alpha value is -3.18. The van der Waals surface area contributed by atoms with Gasteiger partial charge in [0.25, 0.3) is 0 Å². The summed E-state index contributed by atoms with van der Waals surface area (Å²) in [6.45, 7) is 13.1. The van der Waals surface area contributed by atoms with E-state index in [9.17, 15) is 14.4 Å². The maximum atomic E-state index is 13.5. The highest BCUT2D eigenvalue weighted by Crippen LogP contribution is 2.43. The number of piperidine rings is 1. The number of pyridine rings is 1. The lowest BCUT2D eigenvalue weighted by molar-refractivity contribution is -0.117. The van der Waals surface area contributed by atoms with E-state index in [0.29, 0.717) is 46.2 Å². The largest absolute Gasteiger partial charge is 0.379 e. The first-order chi connectivity index (χ1) is 17.4. The van der Waals surface area contributed by atoms with Gasteiger partial charge in [-0.15, -0.1) is 0 Å². The number of ether oxygens (including phenoxy) is 1. The van der Waals surface area contributed by atoms with Crippen LogP contribution in [0.2, 0.25) is 0 Å². The van der Waals surface area contributed by atoms with Crippen LogP contribution in [0.1, 0.15) is 41.7 Å². The van der Waals surface area contributed by atoms with E-state index in [4.69, 9.17) is 22.0 Å². The molecule has 2 aromatic rings. The molecule has 36 heavy (non-hydrogen) atoms. The molecule has 1 atom stereocenters. The van der Waals surface area contributed by atoms with E-state index in [0.717, 1.165) is 50.8 Å². The molecular weight excluding hydrogens is 479 g/mol. The molecule has 4 rings (SSSR count). The first kappa shape index (κ1) is 25.9. The molecule has 1 amide bonds. The van der Waals surface area contributed by atoms with Crippen molar-refractivity contribution in [2.75, 3.05) is 38.2 Å². The number of nitrogens with two attached hydrogens (primary N) is 1. The molecule has 1 aromatic heterocycles. The van der Waals surface area contributed by atoms with Crippen molar-refractivity contribution in [2.45, 2.75) is 48.6 Å². The number of likely N-dealkylation sites (tertiary alicyclic amines) is 1. The number of aromatic nitrogens is 1. The first-order valence-electron chi connectivity index (χ1n) is 12.0. The van der Waals surface area contributed by atoms with Gasteiger partial charge in [-0.3, -0.25) is 9.69 Å². The lowest BCUT2D eigenvalue weighted by Crippen LogP contribution is -2.58. The van der Waals surface area contributed by atoms with E-state index >= 15 is 0 Å². The highest BCUT2D eigenvalue weighted by molar-refractivity contribution is 8.00. The molecule has 2 aliphatic heterocycles. The summed E-state index contributed by atoms with van der Waals surface area (Å²) in [4.78, 5) is 25.5. The van der Waals surface area contributed by atoms with Gasteiger partial charge >= 0.3 is 0 Å². The fraction of sp³-hybridized carbons (Fsp3) is 0.462. The standard InChI is InChI=1S/C26H29FN6O2S/c1-4-20-21(13-28)26(36-23(24(29)34)16-5-7-17(27)8-6-16)31-25(22(20)30-2)32-11-9-18(10-12-32)33-14-19(15-33)35-3/h5-8,18-19,23H,4,9-12,14-15H2,1,3H3,(H2,29,34). The van der Waals surface area contributed by atoms with Crippen LogP contribution >= 0.6 is 11.8 Å². The number of amides is 1. The Labute approximate surface area is 215 Å². The number of nitrogens with zero attached hydrogens (tertiary/aromatic N) is 5. The third-order valence-electron chi connectivity index (χ3n) is 6.95. The quantitative estimate of drug-likeness (QED) is 0.427. The second-order valence-electron chi connectivity index (χ2n) is 9.00. The zero-order valence-corrected chi connectivity index (χ0v) is 21.2. The van der Waals surface area contributed by atoms with Crippen LogP contribution in [-0.2, 0) is 16.0 Å². The van der Waals surface area contributed by atoms with Crippen molar-refractivity contribution in [1.82, 2.24) is 9.88 Å². The van der Waals surface area contributed by atoms with Crippen LogP contribution in [-0.4, -0.2) is 61.2 Å². The lowest BCUT2D eigenvalue weighted by atomic mass is 9.98. The fourth-order valence-corrected chi connectivity index (χ4v) is 5.93. The molecule has 0 saturated carbocycles. The van der Waals surface area contributed by atoms with Gasteiger partial charge in [-0.05, 0) is 42.5 Å². The zero-order chi connectivity index (χ0) is 25.8. The molecule has 0 radical (unpaired) electrons. The van der Waals surface area contributed by atoms with Crippen LogP contribution in [0, 0.1) is 23.7 Å². The fourth-order valence-electron chi connectivity index (χ4n) is 4.87. The van der Waals surface area contributed by atoms with Gasteiger partial charge in [0.1, 0.15) is 28.0 Å². The molecule has 3 heterocycles. The van der Waals surface area contributed by atoms with Gasteiger partial charge in [-0.2, -0.15) is 5.26 Å². The second-order valence-corrected chi connectivity index (χ2v) is 10.1. The van der Waals surface area contributed by atoms with Crippen molar-refractivity contribution in [1.29, 1.82) is 5.26 Å². The van der Waals surface area contributed by atoms with Gasteiger partial charge in [0.05, 0.1) is 18.2 Å². The number of methoxy groups -OCH3 is 1. The highest BCUT2D eigenvalue weighted by atomic mass is 32.2. The van der Waals surface area contributed by atoms with E-state index in [-0.39, 0.29) is 5.56 Å². The number of primary amides is 1. The van der Waals surface area contributed by atoms with Gasteiger partial charge in [0, 0.05) is 39.3 Å². The molecule has 0 bridgehead atoms. The van der Waals surface area contributed by atoms with Gasteiger partial charge in [-0.1, -0.05) is 30.8 Å². The van der Waals surface area contributed by atoms with Crippen LogP contribution in [0.5, 0.6) is 0 Å². The summed E-state index contributed by atoms with van der Waals surface area (Å²) in [6.07, 6.45) is 2.67. The number of carbonyl (C=O) groups is 1. The van der Waals surface area contributed by atoms with Gasteiger partial charge in [0.2, 0.25) is 11.6 Å². The van der Waals surface area contributed by atoms with Crippen molar-refractivity contribution in [3.63, 3.8) is 0 Å². The highest BCUT2D eigenvalue weighted by Gasteiger charge is 2.35. The third kappa shape index (κ3) is 5.17. The number of rotatable bonds is 8. The number of carbonyl (C=O) groups excluding carboxylic acids is 1. The SMILES string of the molecule is [C-]#[N+]c1c(N2CCC(N3CC(OC)C3)CC2)nc(SC(C(N)=O)c2ccc(F)cc2)c(C#N)c1CC. The van der Waals surface area contributed by atoms with Crippen molar-refractivity contribution >= 4 is 29.2 Å². The van der Waals surface area contributed by atoms with Crippen molar-refractivity contribution in [3.8, 4) is 6.07 Å². The maximum Gasteiger partial charge on any atom is 0.235 e. The van der Waals surface area contributed by atoms with Gasteiger partial charge < -0.3 is 15.4 Å². The Bertz CT molecular complexity index is 1190. The second kappa shape index (κ2) is 11.3. The lowest BCUT2D eigenvalue weighted by Gasteiger charge is -2.46. The summed E-state index contributed by atoms with van der Waals surface area (Å²) in [5.41, 5.74) is 7.52. The summed E-state index contributed by atoms with van der Waals surface area (Å²) < 4.78 is 18.9. The van der Waals surface area contributed by atoms with E-state index in [1.165, 1.54) is 24.3 Å². The molecule has 188 valence electrons. The Balaban J connectivity index is 1.64. The summed E-state index contributed by atoms with van der Waals surface area (Å²) in [5, 5.41) is 9.48. The number of nitriles is 1. The average Bonchev–Trinajstić information content (AvgIpc) is 2.86.